The van der Waals surface area contributed by atoms with E-state index in [1.807, 2.05) is 0 Å². The molecule has 0 saturated carbocycles. The average Bonchev–Trinajstić information content (AvgIpc) is 2.75. The van der Waals surface area contributed by atoms with E-state index in [1.54, 1.807) is 6.92 Å². The number of aliphatic hydroxyl groups is 4. The fourth-order valence-corrected chi connectivity index (χ4v) is 29.6. The summed E-state index contributed by atoms with van der Waals surface area (Å²) in [6.45, 7) is 33.9. The molecule has 0 aliphatic carbocycles. The molecular weight excluding hydrogens is 665 g/mol. The lowest BCUT2D eigenvalue weighted by Crippen LogP contribution is -2.52. The minimum atomic E-state index is -2.19. The van der Waals surface area contributed by atoms with E-state index in [1.165, 1.54) is 0 Å². The fourth-order valence-electron chi connectivity index (χ4n) is 4.58. The molecule has 0 aliphatic rings. The third kappa shape index (κ3) is 30.2. The summed E-state index contributed by atoms with van der Waals surface area (Å²) >= 11 is 0. The normalized spacial score (nSPS) is 15.9. The van der Waals surface area contributed by atoms with Crippen molar-refractivity contribution in [2.75, 3.05) is 33.0 Å². The summed E-state index contributed by atoms with van der Waals surface area (Å²) < 4.78 is 36.6. The van der Waals surface area contributed by atoms with Crippen LogP contribution < -0.4 is 0 Å². The van der Waals surface area contributed by atoms with Gasteiger partial charge in [-0.1, -0.05) is 0 Å². The molecule has 16 heteroatoms. The summed E-state index contributed by atoms with van der Waals surface area (Å²) in [6.07, 6.45) is -0.0191. The maximum atomic E-state index is 9.49. The maximum Gasteiger partial charge on any atom is 0.314 e. The minimum absolute atomic E-state index is 0.166. The number of hydrogen-bond donors (Lipinski definition) is 4. The van der Waals surface area contributed by atoms with E-state index in [0.29, 0.717) is 26.2 Å². The highest BCUT2D eigenvalue weighted by molar-refractivity contribution is 6.88. The van der Waals surface area contributed by atoms with Crippen molar-refractivity contribution in [1.29, 1.82) is 0 Å². The second kappa shape index (κ2) is 21.1. The molecule has 0 amide bonds. The second-order valence-corrected chi connectivity index (χ2v) is 41.7. The molecule has 0 fully saturated rings. The SMILES string of the molecule is CC(O)C(O)COCCC[Si](C)(O[Si](C)(C)C)O[Si](C)(C)C.C[Si](C)(C)O[Si](C)(CCCOCCC(O)CO)O[Si](C)(C)C. The van der Waals surface area contributed by atoms with Crippen molar-refractivity contribution in [2.24, 2.45) is 0 Å². The molecule has 0 rings (SSSR count). The van der Waals surface area contributed by atoms with Crippen molar-refractivity contribution in [1.82, 2.24) is 0 Å². The third-order valence-corrected chi connectivity index (χ3v) is 24.8. The first-order valence-electron chi connectivity index (χ1n) is 16.2. The van der Waals surface area contributed by atoms with Crippen LogP contribution in [-0.2, 0) is 25.9 Å². The molecule has 0 aromatic heterocycles. The predicted molar refractivity (Wildman–Crippen MR) is 197 cm³/mol. The first-order chi connectivity index (χ1) is 19.6. The topological polar surface area (TPSA) is 136 Å². The van der Waals surface area contributed by atoms with Crippen LogP contribution in [0.4, 0.5) is 0 Å². The van der Waals surface area contributed by atoms with Crippen molar-refractivity contribution in [2.45, 2.75) is 148 Å². The van der Waals surface area contributed by atoms with Crippen molar-refractivity contribution < 1.29 is 46.4 Å². The van der Waals surface area contributed by atoms with E-state index in [-0.39, 0.29) is 13.2 Å². The van der Waals surface area contributed by atoms with Crippen LogP contribution in [0.25, 0.3) is 0 Å². The van der Waals surface area contributed by atoms with Gasteiger partial charge >= 0.3 is 17.1 Å². The van der Waals surface area contributed by atoms with Gasteiger partial charge in [-0.25, -0.2) is 0 Å². The van der Waals surface area contributed by atoms with Crippen LogP contribution in [0.2, 0.25) is 104 Å². The van der Waals surface area contributed by atoms with Gasteiger partial charge in [0.2, 0.25) is 0 Å². The summed E-state index contributed by atoms with van der Waals surface area (Å²) in [5.41, 5.74) is 0. The first kappa shape index (κ1) is 47.0. The Labute approximate surface area is 277 Å². The number of hydrogen-bond acceptors (Lipinski definition) is 10. The molecule has 3 atom stereocenters. The second-order valence-electron chi connectivity index (χ2n) is 16.0. The van der Waals surface area contributed by atoms with E-state index in [4.69, 9.17) is 31.0 Å². The number of aliphatic hydroxyl groups excluding tert-OH is 4. The molecule has 0 spiro atoms. The standard InChI is InChI=1S/2C14H36O5Si3/c1-13(15)14(16)12-17-10-9-11-22(8,18-20(2,3)4)19-21(5,6)7;1-20(2,3)18-22(7,19-21(4,5)6)12-8-10-17-11-9-14(16)13-15/h13-16H,9-12H2,1-8H3;14-16H,8-13H2,1-7H3. The molecule has 268 valence electrons. The molecule has 0 radical (unpaired) electrons. The first-order valence-corrected chi connectivity index (χ1v) is 34.9. The molecule has 3 unspecified atom stereocenters. The van der Waals surface area contributed by atoms with Crippen LogP contribution in [0, 0.1) is 0 Å². The molecule has 0 bridgehead atoms. The van der Waals surface area contributed by atoms with Crippen molar-refractivity contribution in [3.05, 3.63) is 0 Å². The zero-order valence-corrected chi connectivity index (χ0v) is 37.0. The average molecular weight is 737 g/mol. The van der Waals surface area contributed by atoms with Gasteiger partial charge in [0.05, 0.1) is 25.4 Å². The Kier molecular flexibility index (Phi) is 22.5. The quantitative estimate of drug-likeness (QED) is 0.0751. The zero-order chi connectivity index (χ0) is 35.0. The highest BCUT2D eigenvalue weighted by atomic mass is 28.5. The van der Waals surface area contributed by atoms with Crippen molar-refractivity contribution in [3.63, 3.8) is 0 Å². The van der Waals surface area contributed by atoms with Gasteiger partial charge in [0, 0.05) is 19.8 Å². The van der Waals surface area contributed by atoms with Gasteiger partial charge in [0.25, 0.3) is 0 Å². The Bertz CT molecular complexity index is 704. The summed E-state index contributed by atoms with van der Waals surface area (Å²) in [6, 6.07) is 1.83. The molecule has 0 aromatic rings. The van der Waals surface area contributed by atoms with Crippen LogP contribution >= 0.6 is 0 Å². The van der Waals surface area contributed by atoms with Gasteiger partial charge in [-0.3, -0.25) is 0 Å². The summed E-state index contributed by atoms with van der Waals surface area (Å²) in [5.74, 6) is 0. The monoisotopic (exact) mass is 736 g/mol. The maximum absolute atomic E-state index is 9.49. The number of rotatable bonds is 23. The Hall–Kier alpha value is 0.901. The largest absolute Gasteiger partial charge is 0.437 e. The summed E-state index contributed by atoms with van der Waals surface area (Å²) in [7, 11) is -10.9. The molecule has 4 N–H and O–H groups in total. The number of ether oxygens (including phenoxy) is 2. The summed E-state index contributed by atoms with van der Waals surface area (Å²) in [4.78, 5) is 0. The molecule has 44 heavy (non-hydrogen) atoms. The van der Waals surface area contributed by atoms with Gasteiger partial charge in [0.15, 0.2) is 33.3 Å². The van der Waals surface area contributed by atoms with Crippen LogP contribution in [0.3, 0.4) is 0 Å². The summed E-state index contributed by atoms with van der Waals surface area (Å²) in [5, 5.41) is 36.7. The van der Waals surface area contributed by atoms with Gasteiger partial charge in [0.1, 0.15) is 6.10 Å². The Morgan fingerprint density at radius 3 is 1.16 bits per heavy atom. The van der Waals surface area contributed by atoms with Gasteiger partial charge < -0.3 is 46.4 Å². The zero-order valence-electron chi connectivity index (χ0n) is 31.0. The lowest BCUT2D eigenvalue weighted by molar-refractivity contribution is -0.0303. The molecular formula is C28H72O10Si6. The van der Waals surface area contributed by atoms with Gasteiger partial charge in [-0.2, -0.15) is 0 Å². The van der Waals surface area contributed by atoms with E-state index < -0.39 is 68.7 Å². The third-order valence-electron chi connectivity index (χ3n) is 5.58. The molecule has 10 nitrogen and oxygen atoms in total. The highest BCUT2D eigenvalue weighted by Gasteiger charge is 2.40. The predicted octanol–water partition coefficient (Wildman–Crippen LogP) is 5.82. The lowest BCUT2D eigenvalue weighted by atomic mass is 10.2. The minimum Gasteiger partial charge on any atom is -0.437 e. The van der Waals surface area contributed by atoms with Crippen molar-refractivity contribution in [3.8, 4) is 0 Å². The van der Waals surface area contributed by atoms with Gasteiger partial charge in [-0.15, -0.1) is 0 Å². The Morgan fingerprint density at radius 2 is 0.864 bits per heavy atom. The lowest BCUT2D eigenvalue weighted by Gasteiger charge is -2.38. The van der Waals surface area contributed by atoms with E-state index in [9.17, 15) is 15.3 Å². The van der Waals surface area contributed by atoms with E-state index >= 15 is 0 Å². The molecule has 0 saturated heterocycles. The smallest absolute Gasteiger partial charge is 0.314 e. The highest BCUT2D eigenvalue weighted by Crippen LogP contribution is 2.26. The van der Waals surface area contributed by atoms with E-state index in [2.05, 4.69) is 91.7 Å². The van der Waals surface area contributed by atoms with Gasteiger partial charge in [-0.05, 0) is 130 Å². The van der Waals surface area contributed by atoms with Crippen molar-refractivity contribution >= 4 is 50.4 Å². The molecule has 0 aliphatic heterocycles. The Morgan fingerprint density at radius 1 is 0.523 bits per heavy atom. The van der Waals surface area contributed by atoms with E-state index in [0.717, 1.165) is 24.9 Å². The van der Waals surface area contributed by atoms with Crippen LogP contribution in [0.5, 0.6) is 0 Å². The van der Waals surface area contributed by atoms with Crippen LogP contribution in [-0.4, -0.2) is 122 Å². The Balaban J connectivity index is 0. The fraction of sp³-hybridized carbons (Fsp3) is 1.00. The van der Waals surface area contributed by atoms with Crippen LogP contribution in [0.1, 0.15) is 26.2 Å². The molecule has 0 heterocycles. The van der Waals surface area contributed by atoms with Crippen LogP contribution in [0.15, 0.2) is 0 Å². The molecule has 0 aromatic carbocycles.